The minimum atomic E-state index is -0.712. The van der Waals surface area contributed by atoms with E-state index in [2.05, 4.69) is 5.32 Å². The molecule has 22 heavy (non-hydrogen) atoms. The summed E-state index contributed by atoms with van der Waals surface area (Å²) < 4.78 is 5.64. The van der Waals surface area contributed by atoms with Crippen molar-refractivity contribution in [2.24, 2.45) is 0 Å². The van der Waals surface area contributed by atoms with Gasteiger partial charge in [-0.05, 0) is 44.4 Å². The molecule has 0 spiro atoms. The lowest BCUT2D eigenvalue weighted by Crippen LogP contribution is -2.44. The zero-order valence-electron chi connectivity index (χ0n) is 13.6. The van der Waals surface area contributed by atoms with Crippen LogP contribution in [0, 0.1) is 0 Å². The summed E-state index contributed by atoms with van der Waals surface area (Å²) in [7, 11) is 0. The van der Waals surface area contributed by atoms with E-state index in [1.165, 1.54) is 6.42 Å². The van der Waals surface area contributed by atoms with Gasteiger partial charge in [0, 0.05) is 6.54 Å². The van der Waals surface area contributed by atoms with E-state index in [9.17, 15) is 9.90 Å². The van der Waals surface area contributed by atoms with Crippen LogP contribution in [0.4, 0.5) is 0 Å². The van der Waals surface area contributed by atoms with Gasteiger partial charge in [0.05, 0.1) is 18.1 Å². The Morgan fingerprint density at radius 1 is 1.32 bits per heavy atom. The highest BCUT2D eigenvalue weighted by Gasteiger charge is 2.29. The molecule has 0 bridgehead atoms. The third kappa shape index (κ3) is 5.34. The zero-order chi connectivity index (χ0) is 16.0. The number of carbonyl (C=O) groups excluding carboxylic acids is 1. The largest absolute Gasteiger partial charge is 0.491 e. The van der Waals surface area contributed by atoms with E-state index < -0.39 is 5.60 Å². The highest BCUT2D eigenvalue weighted by atomic mass is 16.5. The number of benzene rings is 1. The summed E-state index contributed by atoms with van der Waals surface area (Å²) in [6, 6.07) is 7.61. The average Bonchev–Trinajstić information content (AvgIpc) is 2.46. The first-order chi connectivity index (χ1) is 10.5. The maximum Gasteiger partial charge on any atom is 0.224 e. The highest BCUT2D eigenvalue weighted by Crippen LogP contribution is 2.27. The van der Waals surface area contributed by atoms with Crippen LogP contribution in [0.15, 0.2) is 24.3 Å². The maximum atomic E-state index is 12.1. The number of nitrogens with one attached hydrogen (secondary N) is 1. The van der Waals surface area contributed by atoms with E-state index in [-0.39, 0.29) is 12.0 Å². The van der Waals surface area contributed by atoms with Crippen LogP contribution in [0.3, 0.4) is 0 Å². The molecule has 0 aliphatic heterocycles. The summed E-state index contributed by atoms with van der Waals surface area (Å²) in [6.07, 6.45) is 5.26. The molecule has 2 N–H and O–H groups in total. The molecule has 1 fully saturated rings. The third-order valence-corrected chi connectivity index (χ3v) is 4.03. The second kappa shape index (κ2) is 7.63. The Morgan fingerprint density at radius 3 is 2.73 bits per heavy atom. The van der Waals surface area contributed by atoms with Crippen LogP contribution in [-0.2, 0) is 11.2 Å². The van der Waals surface area contributed by atoms with Crippen molar-refractivity contribution >= 4 is 5.91 Å². The van der Waals surface area contributed by atoms with Gasteiger partial charge in [0.2, 0.25) is 5.91 Å². The lowest BCUT2D eigenvalue weighted by Gasteiger charge is -2.32. The maximum absolute atomic E-state index is 12.1. The number of amides is 1. The number of rotatable bonds is 6. The Labute approximate surface area is 132 Å². The lowest BCUT2D eigenvalue weighted by molar-refractivity contribution is -0.122. The first kappa shape index (κ1) is 16.8. The lowest BCUT2D eigenvalue weighted by atomic mass is 9.85. The molecule has 1 amide bonds. The van der Waals surface area contributed by atoms with Crippen molar-refractivity contribution in [1.82, 2.24) is 5.32 Å². The molecule has 1 aliphatic rings. The van der Waals surface area contributed by atoms with Gasteiger partial charge in [-0.25, -0.2) is 0 Å². The summed E-state index contributed by atoms with van der Waals surface area (Å²) in [5, 5.41) is 13.3. The van der Waals surface area contributed by atoms with E-state index in [4.69, 9.17) is 4.74 Å². The zero-order valence-corrected chi connectivity index (χ0v) is 13.6. The van der Waals surface area contributed by atoms with E-state index in [0.29, 0.717) is 13.0 Å². The fraction of sp³-hybridized carbons (Fsp3) is 0.611. The number of hydrogen-bond donors (Lipinski definition) is 2. The second-order valence-corrected chi connectivity index (χ2v) is 6.55. The van der Waals surface area contributed by atoms with Gasteiger partial charge in [-0.15, -0.1) is 0 Å². The monoisotopic (exact) mass is 305 g/mol. The van der Waals surface area contributed by atoms with Gasteiger partial charge in [0.1, 0.15) is 5.75 Å². The predicted octanol–water partition coefficient (Wildman–Crippen LogP) is 2.83. The Kier molecular flexibility index (Phi) is 5.83. The smallest absolute Gasteiger partial charge is 0.224 e. The van der Waals surface area contributed by atoms with Gasteiger partial charge < -0.3 is 15.2 Å². The van der Waals surface area contributed by atoms with Crippen LogP contribution in [0.2, 0.25) is 0 Å². The molecule has 0 heterocycles. The summed E-state index contributed by atoms with van der Waals surface area (Å²) in [4.78, 5) is 12.1. The molecule has 4 heteroatoms. The molecule has 0 aromatic heterocycles. The molecule has 0 saturated heterocycles. The summed E-state index contributed by atoms with van der Waals surface area (Å²) in [5.41, 5.74) is 0.211. The van der Waals surface area contributed by atoms with E-state index in [1.807, 2.05) is 38.1 Å². The van der Waals surface area contributed by atoms with Gasteiger partial charge in [-0.2, -0.15) is 0 Å². The van der Waals surface area contributed by atoms with Gasteiger partial charge in [-0.1, -0.05) is 31.4 Å². The van der Waals surface area contributed by atoms with Crippen LogP contribution >= 0.6 is 0 Å². The van der Waals surface area contributed by atoms with Crippen molar-refractivity contribution in [3.8, 4) is 5.75 Å². The minimum absolute atomic E-state index is 0.0549. The Hall–Kier alpha value is -1.55. The van der Waals surface area contributed by atoms with Crippen LogP contribution in [0.25, 0.3) is 0 Å². The molecule has 1 aromatic carbocycles. The second-order valence-electron chi connectivity index (χ2n) is 6.55. The quantitative estimate of drug-likeness (QED) is 0.849. The Morgan fingerprint density at radius 2 is 2.05 bits per heavy atom. The first-order valence-electron chi connectivity index (χ1n) is 8.21. The molecule has 0 unspecified atom stereocenters. The first-order valence-corrected chi connectivity index (χ1v) is 8.21. The average molecular weight is 305 g/mol. The number of carbonyl (C=O) groups is 1. The molecule has 1 aliphatic carbocycles. The molecule has 1 aromatic rings. The van der Waals surface area contributed by atoms with Crippen LogP contribution in [0.5, 0.6) is 5.75 Å². The van der Waals surface area contributed by atoms with Crippen molar-refractivity contribution < 1.29 is 14.6 Å². The number of hydrogen-bond acceptors (Lipinski definition) is 3. The third-order valence-electron chi connectivity index (χ3n) is 4.03. The standard InChI is InChI=1S/C18H27NO3/c1-14(2)22-16-8-6-7-15(11-16)12-17(20)19-13-18(21)9-4-3-5-10-18/h6-8,11,14,21H,3-5,9-10,12-13H2,1-2H3,(H,19,20). The van der Waals surface area contributed by atoms with Crippen molar-refractivity contribution in [3.63, 3.8) is 0 Å². The van der Waals surface area contributed by atoms with Gasteiger partial charge in [0.25, 0.3) is 0 Å². The highest BCUT2D eigenvalue weighted by molar-refractivity contribution is 5.78. The fourth-order valence-electron chi connectivity index (χ4n) is 2.90. The summed E-state index contributed by atoms with van der Waals surface area (Å²) in [5.74, 6) is 0.729. The molecular weight excluding hydrogens is 278 g/mol. The van der Waals surface area contributed by atoms with Crippen LogP contribution < -0.4 is 10.1 Å². The molecule has 0 radical (unpaired) electrons. The molecular formula is C18H27NO3. The molecule has 2 rings (SSSR count). The number of ether oxygens (including phenoxy) is 1. The van der Waals surface area contributed by atoms with Crippen LogP contribution in [-0.4, -0.2) is 29.3 Å². The van der Waals surface area contributed by atoms with Gasteiger partial charge in [-0.3, -0.25) is 4.79 Å². The van der Waals surface area contributed by atoms with E-state index in [0.717, 1.165) is 37.0 Å². The van der Waals surface area contributed by atoms with E-state index in [1.54, 1.807) is 0 Å². The normalized spacial score (nSPS) is 17.3. The Balaban J connectivity index is 1.84. The van der Waals surface area contributed by atoms with Crippen molar-refractivity contribution in [1.29, 1.82) is 0 Å². The van der Waals surface area contributed by atoms with Crippen molar-refractivity contribution in [3.05, 3.63) is 29.8 Å². The van der Waals surface area contributed by atoms with E-state index >= 15 is 0 Å². The molecule has 4 nitrogen and oxygen atoms in total. The van der Waals surface area contributed by atoms with Gasteiger partial charge >= 0.3 is 0 Å². The summed E-state index contributed by atoms with van der Waals surface area (Å²) >= 11 is 0. The molecule has 1 saturated carbocycles. The number of aliphatic hydroxyl groups is 1. The molecule has 0 atom stereocenters. The Bertz CT molecular complexity index is 493. The predicted molar refractivity (Wildman–Crippen MR) is 87.0 cm³/mol. The van der Waals surface area contributed by atoms with Crippen molar-refractivity contribution in [2.75, 3.05) is 6.54 Å². The minimum Gasteiger partial charge on any atom is -0.491 e. The van der Waals surface area contributed by atoms with Crippen molar-refractivity contribution in [2.45, 2.75) is 64.1 Å². The SMILES string of the molecule is CC(C)Oc1cccc(CC(=O)NCC2(O)CCCCC2)c1. The van der Waals surface area contributed by atoms with Gasteiger partial charge in [0.15, 0.2) is 0 Å². The summed E-state index contributed by atoms with van der Waals surface area (Å²) in [6.45, 7) is 4.31. The fourth-order valence-corrected chi connectivity index (χ4v) is 2.90. The van der Waals surface area contributed by atoms with Crippen LogP contribution in [0.1, 0.15) is 51.5 Å². The topological polar surface area (TPSA) is 58.6 Å². The molecule has 122 valence electrons.